The SMILES string of the molecule is CCC(Cc1ccccc1)C(=O)c1ccc(O)cc1. The highest BCUT2D eigenvalue weighted by molar-refractivity contribution is 5.98. The fourth-order valence-electron chi connectivity index (χ4n) is 2.18. The molecule has 0 spiro atoms. The van der Waals surface area contributed by atoms with E-state index in [1.54, 1.807) is 24.3 Å². The van der Waals surface area contributed by atoms with Crippen molar-refractivity contribution in [2.45, 2.75) is 19.8 Å². The van der Waals surface area contributed by atoms with Gasteiger partial charge in [0.25, 0.3) is 0 Å². The van der Waals surface area contributed by atoms with Crippen molar-refractivity contribution in [3.8, 4) is 5.75 Å². The van der Waals surface area contributed by atoms with Crippen LogP contribution in [0.25, 0.3) is 0 Å². The van der Waals surface area contributed by atoms with Gasteiger partial charge in [0.2, 0.25) is 0 Å². The van der Waals surface area contributed by atoms with Crippen molar-refractivity contribution < 1.29 is 9.90 Å². The maximum absolute atomic E-state index is 12.4. The Balaban J connectivity index is 2.13. The molecule has 1 N–H and O–H groups in total. The maximum Gasteiger partial charge on any atom is 0.166 e. The lowest BCUT2D eigenvalue weighted by Crippen LogP contribution is -2.16. The van der Waals surface area contributed by atoms with Crippen molar-refractivity contribution in [3.63, 3.8) is 0 Å². The predicted octanol–water partition coefficient (Wildman–Crippen LogP) is 3.84. The van der Waals surface area contributed by atoms with Crippen molar-refractivity contribution in [2.75, 3.05) is 0 Å². The average molecular weight is 254 g/mol. The van der Waals surface area contributed by atoms with Crippen LogP contribution in [0.2, 0.25) is 0 Å². The Hall–Kier alpha value is -2.09. The summed E-state index contributed by atoms with van der Waals surface area (Å²) in [5, 5.41) is 9.26. The molecule has 0 saturated carbocycles. The minimum absolute atomic E-state index is 0.00746. The highest BCUT2D eigenvalue weighted by Gasteiger charge is 2.18. The van der Waals surface area contributed by atoms with Crippen molar-refractivity contribution in [3.05, 3.63) is 65.7 Å². The molecule has 0 aliphatic rings. The van der Waals surface area contributed by atoms with E-state index < -0.39 is 0 Å². The summed E-state index contributed by atoms with van der Waals surface area (Å²) in [6, 6.07) is 16.5. The van der Waals surface area contributed by atoms with E-state index in [0.717, 1.165) is 12.8 Å². The third kappa shape index (κ3) is 3.44. The topological polar surface area (TPSA) is 37.3 Å². The van der Waals surface area contributed by atoms with Gasteiger partial charge >= 0.3 is 0 Å². The molecule has 98 valence electrons. The van der Waals surface area contributed by atoms with Gasteiger partial charge in [-0.15, -0.1) is 0 Å². The molecular weight excluding hydrogens is 236 g/mol. The summed E-state index contributed by atoms with van der Waals surface area (Å²) in [5.74, 6) is 0.325. The van der Waals surface area contributed by atoms with Gasteiger partial charge in [-0.25, -0.2) is 0 Å². The van der Waals surface area contributed by atoms with E-state index in [1.807, 2.05) is 37.3 Å². The minimum Gasteiger partial charge on any atom is -0.508 e. The van der Waals surface area contributed by atoms with E-state index in [2.05, 4.69) is 0 Å². The predicted molar refractivity (Wildman–Crippen MR) is 76.4 cm³/mol. The molecular formula is C17H18O2. The van der Waals surface area contributed by atoms with E-state index in [0.29, 0.717) is 5.56 Å². The molecule has 1 unspecified atom stereocenters. The summed E-state index contributed by atoms with van der Waals surface area (Å²) in [5.41, 5.74) is 1.85. The van der Waals surface area contributed by atoms with Crippen LogP contribution in [0.4, 0.5) is 0 Å². The van der Waals surface area contributed by atoms with Gasteiger partial charge < -0.3 is 5.11 Å². The van der Waals surface area contributed by atoms with Crippen LogP contribution in [-0.2, 0) is 6.42 Å². The second kappa shape index (κ2) is 6.19. The Kier molecular flexibility index (Phi) is 4.35. The highest BCUT2D eigenvalue weighted by Crippen LogP contribution is 2.19. The van der Waals surface area contributed by atoms with Gasteiger partial charge in [0.1, 0.15) is 5.75 Å². The summed E-state index contributed by atoms with van der Waals surface area (Å²) in [6.07, 6.45) is 1.58. The number of carbonyl (C=O) groups excluding carboxylic acids is 1. The van der Waals surface area contributed by atoms with Gasteiger partial charge in [0.15, 0.2) is 5.78 Å². The molecule has 0 fully saturated rings. The Morgan fingerprint density at radius 1 is 1.05 bits per heavy atom. The van der Waals surface area contributed by atoms with E-state index in [4.69, 9.17) is 0 Å². The third-order valence-electron chi connectivity index (χ3n) is 3.34. The van der Waals surface area contributed by atoms with E-state index in [1.165, 1.54) is 5.56 Å². The first-order chi connectivity index (χ1) is 9.20. The zero-order valence-corrected chi connectivity index (χ0v) is 11.0. The number of phenolic OH excluding ortho intramolecular Hbond substituents is 1. The van der Waals surface area contributed by atoms with Gasteiger partial charge in [-0.05, 0) is 42.7 Å². The molecule has 2 heteroatoms. The number of ketones is 1. The van der Waals surface area contributed by atoms with Crippen LogP contribution in [-0.4, -0.2) is 10.9 Å². The average Bonchev–Trinajstić information content (AvgIpc) is 2.46. The molecule has 1 atom stereocenters. The van der Waals surface area contributed by atoms with Crippen LogP contribution in [0.1, 0.15) is 29.3 Å². The maximum atomic E-state index is 12.4. The van der Waals surface area contributed by atoms with Crippen LogP contribution in [0.5, 0.6) is 5.75 Å². The quantitative estimate of drug-likeness (QED) is 0.823. The Labute approximate surface area is 113 Å². The van der Waals surface area contributed by atoms with Gasteiger partial charge in [-0.3, -0.25) is 4.79 Å². The minimum atomic E-state index is -0.00746. The molecule has 0 amide bonds. The van der Waals surface area contributed by atoms with Crippen LogP contribution < -0.4 is 0 Å². The molecule has 0 saturated heterocycles. The zero-order chi connectivity index (χ0) is 13.7. The molecule has 2 rings (SSSR count). The second-order valence-electron chi connectivity index (χ2n) is 4.71. The first-order valence-electron chi connectivity index (χ1n) is 6.58. The van der Waals surface area contributed by atoms with Crippen molar-refractivity contribution in [2.24, 2.45) is 5.92 Å². The normalized spacial score (nSPS) is 12.1. The largest absolute Gasteiger partial charge is 0.508 e. The van der Waals surface area contributed by atoms with Crippen LogP contribution >= 0.6 is 0 Å². The smallest absolute Gasteiger partial charge is 0.166 e. The van der Waals surface area contributed by atoms with Gasteiger partial charge in [-0.2, -0.15) is 0 Å². The second-order valence-corrected chi connectivity index (χ2v) is 4.71. The fraction of sp³-hybridized carbons (Fsp3) is 0.235. The number of rotatable bonds is 5. The number of Topliss-reactive ketones (excluding diaryl/α,β-unsaturated/α-hetero) is 1. The Morgan fingerprint density at radius 2 is 1.68 bits per heavy atom. The molecule has 2 nitrogen and oxygen atoms in total. The monoisotopic (exact) mass is 254 g/mol. The number of hydrogen-bond donors (Lipinski definition) is 1. The first-order valence-corrected chi connectivity index (χ1v) is 6.58. The lowest BCUT2D eigenvalue weighted by molar-refractivity contribution is 0.0916. The fourth-order valence-corrected chi connectivity index (χ4v) is 2.18. The number of hydrogen-bond acceptors (Lipinski definition) is 2. The molecule has 0 aromatic heterocycles. The standard InChI is InChI=1S/C17H18O2/c1-2-14(12-13-6-4-3-5-7-13)17(19)15-8-10-16(18)11-9-15/h3-11,14,18H,2,12H2,1H3. The summed E-state index contributed by atoms with van der Waals surface area (Å²) in [6.45, 7) is 2.03. The number of aromatic hydroxyl groups is 1. The molecule has 0 radical (unpaired) electrons. The van der Waals surface area contributed by atoms with Crippen molar-refractivity contribution >= 4 is 5.78 Å². The molecule has 0 bridgehead atoms. The molecule has 0 aliphatic heterocycles. The summed E-state index contributed by atoms with van der Waals surface area (Å²) in [4.78, 5) is 12.4. The Morgan fingerprint density at radius 3 is 2.26 bits per heavy atom. The lowest BCUT2D eigenvalue weighted by Gasteiger charge is -2.14. The zero-order valence-electron chi connectivity index (χ0n) is 11.0. The molecule has 2 aromatic carbocycles. The van der Waals surface area contributed by atoms with E-state index in [-0.39, 0.29) is 17.5 Å². The van der Waals surface area contributed by atoms with Crippen molar-refractivity contribution in [1.82, 2.24) is 0 Å². The first kappa shape index (κ1) is 13.3. The molecule has 0 heterocycles. The summed E-state index contributed by atoms with van der Waals surface area (Å²) in [7, 11) is 0. The van der Waals surface area contributed by atoms with Crippen LogP contribution in [0, 0.1) is 5.92 Å². The Bertz CT molecular complexity index is 529. The number of phenols is 1. The van der Waals surface area contributed by atoms with Crippen LogP contribution in [0.3, 0.4) is 0 Å². The van der Waals surface area contributed by atoms with Gasteiger partial charge in [0, 0.05) is 11.5 Å². The van der Waals surface area contributed by atoms with Gasteiger partial charge in [0.05, 0.1) is 0 Å². The molecule has 0 aliphatic carbocycles. The highest BCUT2D eigenvalue weighted by atomic mass is 16.3. The summed E-state index contributed by atoms with van der Waals surface area (Å²) >= 11 is 0. The molecule has 2 aromatic rings. The number of carbonyl (C=O) groups is 1. The summed E-state index contributed by atoms with van der Waals surface area (Å²) < 4.78 is 0. The molecule has 19 heavy (non-hydrogen) atoms. The van der Waals surface area contributed by atoms with Crippen molar-refractivity contribution in [1.29, 1.82) is 0 Å². The third-order valence-corrected chi connectivity index (χ3v) is 3.34. The van der Waals surface area contributed by atoms with E-state index in [9.17, 15) is 9.90 Å². The van der Waals surface area contributed by atoms with Gasteiger partial charge in [-0.1, -0.05) is 37.3 Å². The van der Waals surface area contributed by atoms with E-state index >= 15 is 0 Å². The lowest BCUT2D eigenvalue weighted by atomic mass is 9.89. The van der Waals surface area contributed by atoms with Crippen LogP contribution in [0.15, 0.2) is 54.6 Å². The number of benzene rings is 2.